The molecule has 2 fully saturated rings. The maximum absolute atomic E-state index is 12.3. The average molecular weight is 318 g/mol. The summed E-state index contributed by atoms with van der Waals surface area (Å²) < 4.78 is 11.3. The van der Waals surface area contributed by atoms with E-state index >= 15 is 0 Å². The molecule has 3 rings (SSSR count). The van der Waals surface area contributed by atoms with Crippen LogP contribution in [0.5, 0.6) is 5.75 Å². The van der Waals surface area contributed by atoms with E-state index in [9.17, 15) is 9.59 Å². The van der Waals surface area contributed by atoms with Crippen LogP contribution >= 0.6 is 0 Å². The third-order valence-corrected chi connectivity index (χ3v) is 4.31. The van der Waals surface area contributed by atoms with Crippen LogP contribution in [-0.4, -0.2) is 55.7 Å². The zero-order valence-corrected chi connectivity index (χ0v) is 13.1. The van der Waals surface area contributed by atoms with E-state index in [-0.39, 0.29) is 23.8 Å². The van der Waals surface area contributed by atoms with Gasteiger partial charge in [-0.25, -0.2) is 0 Å². The molecule has 2 saturated heterocycles. The number of nitrogens with zero attached hydrogens (tertiary/aromatic N) is 1. The molecular formula is C17H22N2O4. The Kier molecular flexibility index (Phi) is 5.12. The van der Waals surface area contributed by atoms with Crippen LogP contribution < -0.4 is 10.1 Å². The van der Waals surface area contributed by atoms with E-state index in [1.165, 1.54) is 0 Å². The number of carbonyl (C=O) groups excluding carboxylic acids is 2. The summed E-state index contributed by atoms with van der Waals surface area (Å²) in [6.07, 6.45) is 0.797. The second kappa shape index (κ2) is 7.46. The number of para-hydroxylation sites is 1. The smallest absolute Gasteiger partial charge is 0.226 e. The van der Waals surface area contributed by atoms with Gasteiger partial charge >= 0.3 is 0 Å². The third kappa shape index (κ3) is 4.01. The maximum Gasteiger partial charge on any atom is 0.226 e. The van der Waals surface area contributed by atoms with Crippen molar-refractivity contribution in [3.63, 3.8) is 0 Å². The molecule has 2 heterocycles. The second-order valence-corrected chi connectivity index (χ2v) is 5.85. The lowest BCUT2D eigenvalue weighted by molar-refractivity contribution is -0.142. The molecule has 124 valence electrons. The molecule has 6 heteroatoms. The summed E-state index contributed by atoms with van der Waals surface area (Å²) in [5.41, 5.74) is 0. The van der Waals surface area contributed by atoms with Gasteiger partial charge in [0.05, 0.1) is 31.7 Å². The number of fused-ring (bicyclic) bond motifs is 1. The SMILES string of the molecule is O=C1NCCO[C@H]2CN(C(=O)CCOc3ccccc3)CC[C@@H]12. The number of carbonyl (C=O) groups is 2. The van der Waals surface area contributed by atoms with Crippen LogP contribution in [0.3, 0.4) is 0 Å². The van der Waals surface area contributed by atoms with Crippen molar-refractivity contribution >= 4 is 11.8 Å². The number of likely N-dealkylation sites (tertiary alicyclic amines) is 1. The molecule has 0 radical (unpaired) electrons. The monoisotopic (exact) mass is 318 g/mol. The molecule has 0 spiro atoms. The lowest BCUT2D eigenvalue weighted by Gasteiger charge is -2.36. The predicted octanol–water partition coefficient (Wildman–Crippen LogP) is 0.819. The summed E-state index contributed by atoms with van der Waals surface area (Å²) in [5, 5.41) is 2.85. The lowest BCUT2D eigenvalue weighted by Crippen LogP contribution is -2.50. The Morgan fingerprint density at radius 3 is 3.00 bits per heavy atom. The maximum atomic E-state index is 12.3. The summed E-state index contributed by atoms with van der Waals surface area (Å²) in [5.74, 6) is 0.726. The number of rotatable bonds is 4. The van der Waals surface area contributed by atoms with E-state index in [4.69, 9.17) is 9.47 Å². The van der Waals surface area contributed by atoms with E-state index in [0.29, 0.717) is 45.7 Å². The van der Waals surface area contributed by atoms with Gasteiger partial charge in [-0.3, -0.25) is 9.59 Å². The normalized spacial score (nSPS) is 24.3. The quantitative estimate of drug-likeness (QED) is 0.892. The standard InChI is InChI=1S/C17H22N2O4/c20-16(7-10-22-13-4-2-1-3-5-13)19-9-6-14-15(12-19)23-11-8-18-17(14)21/h1-5,14-15H,6-12H2,(H,18,21)/t14-,15+/m1/s1. The topological polar surface area (TPSA) is 67.9 Å². The number of ether oxygens (including phenoxy) is 2. The second-order valence-electron chi connectivity index (χ2n) is 5.85. The number of nitrogens with one attached hydrogen (secondary N) is 1. The highest BCUT2D eigenvalue weighted by Gasteiger charge is 2.37. The Hall–Kier alpha value is -2.08. The van der Waals surface area contributed by atoms with Crippen LogP contribution in [0.1, 0.15) is 12.8 Å². The van der Waals surface area contributed by atoms with Gasteiger partial charge in [-0.1, -0.05) is 18.2 Å². The van der Waals surface area contributed by atoms with Crippen LogP contribution in [0.2, 0.25) is 0 Å². The Morgan fingerprint density at radius 2 is 2.17 bits per heavy atom. The van der Waals surface area contributed by atoms with Crippen molar-refractivity contribution in [2.45, 2.75) is 18.9 Å². The highest BCUT2D eigenvalue weighted by Crippen LogP contribution is 2.23. The van der Waals surface area contributed by atoms with Crippen LogP contribution in [0.25, 0.3) is 0 Å². The van der Waals surface area contributed by atoms with E-state index in [1.54, 1.807) is 4.90 Å². The van der Waals surface area contributed by atoms with Crippen LogP contribution in [-0.2, 0) is 14.3 Å². The van der Waals surface area contributed by atoms with Crippen molar-refractivity contribution in [3.05, 3.63) is 30.3 Å². The average Bonchev–Trinajstić information content (AvgIpc) is 2.77. The van der Waals surface area contributed by atoms with E-state index < -0.39 is 0 Å². The summed E-state index contributed by atoms with van der Waals surface area (Å²) in [6, 6.07) is 9.46. The first-order valence-corrected chi connectivity index (χ1v) is 8.09. The zero-order valence-electron chi connectivity index (χ0n) is 13.1. The van der Waals surface area contributed by atoms with E-state index in [2.05, 4.69) is 5.32 Å². The first-order valence-electron chi connectivity index (χ1n) is 8.09. The van der Waals surface area contributed by atoms with Gasteiger partial charge in [0.2, 0.25) is 11.8 Å². The van der Waals surface area contributed by atoms with Gasteiger partial charge in [-0.15, -0.1) is 0 Å². The number of hydrogen-bond donors (Lipinski definition) is 1. The first-order chi connectivity index (χ1) is 11.2. The van der Waals surface area contributed by atoms with Crippen molar-refractivity contribution in [1.82, 2.24) is 10.2 Å². The molecule has 2 amide bonds. The van der Waals surface area contributed by atoms with Gasteiger partial charge in [0, 0.05) is 19.6 Å². The van der Waals surface area contributed by atoms with E-state index in [1.807, 2.05) is 30.3 Å². The van der Waals surface area contributed by atoms with Crippen LogP contribution in [0.15, 0.2) is 30.3 Å². The molecular weight excluding hydrogens is 296 g/mol. The molecule has 0 bridgehead atoms. The molecule has 0 saturated carbocycles. The van der Waals surface area contributed by atoms with Gasteiger partial charge in [0.1, 0.15) is 5.75 Å². The molecule has 2 aliphatic rings. The molecule has 1 aromatic rings. The first kappa shape index (κ1) is 15.8. The minimum atomic E-state index is -0.190. The highest BCUT2D eigenvalue weighted by molar-refractivity contribution is 5.81. The Bertz CT molecular complexity index is 549. The molecule has 6 nitrogen and oxygen atoms in total. The van der Waals surface area contributed by atoms with Gasteiger partial charge in [0.15, 0.2) is 0 Å². The molecule has 1 aromatic carbocycles. The fourth-order valence-electron chi connectivity index (χ4n) is 3.06. The summed E-state index contributed by atoms with van der Waals surface area (Å²) in [7, 11) is 0. The lowest BCUT2D eigenvalue weighted by atomic mass is 9.93. The van der Waals surface area contributed by atoms with Gasteiger partial charge in [-0.05, 0) is 18.6 Å². The van der Waals surface area contributed by atoms with Crippen LogP contribution in [0, 0.1) is 5.92 Å². The molecule has 0 unspecified atom stereocenters. The number of benzene rings is 1. The molecule has 0 aromatic heterocycles. The molecule has 2 aliphatic heterocycles. The van der Waals surface area contributed by atoms with Crippen molar-refractivity contribution < 1.29 is 19.1 Å². The Balaban J connectivity index is 1.48. The molecule has 0 aliphatic carbocycles. The van der Waals surface area contributed by atoms with Crippen molar-refractivity contribution in [2.75, 3.05) is 32.8 Å². The summed E-state index contributed by atoms with van der Waals surface area (Å²) >= 11 is 0. The third-order valence-electron chi connectivity index (χ3n) is 4.31. The van der Waals surface area contributed by atoms with Crippen molar-refractivity contribution in [3.8, 4) is 5.75 Å². The van der Waals surface area contributed by atoms with Crippen molar-refractivity contribution in [2.24, 2.45) is 5.92 Å². The van der Waals surface area contributed by atoms with Gasteiger partial charge in [-0.2, -0.15) is 0 Å². The predicted molar refractivity (Wildman–Crippen MR) is 84.0 cm³/mol. The zero-order chi connectivity index (χ0) is 16.1. The number of hydrogen-bond acceptors (Lipinski definition) is 4. The molecule has 2 atom stereocenters. The largest absolute Gasteiger partial charge is 0.493 e. The van der Waals surface area contributed by atoms with E-state index in [0.717, 1.165) is 5.75 Å². The van der Waals surface area contributed by atoms with Gasteiger partial charge < -0.3 is 19.7 Å². The minimum absolute atomic E-state index is 0.0482. The van der Waals surface area contributed by atoms with Crippen LogP contribution in [0.4, 0.5) is 0 Å². The molecule has 23 heavy (non-hydrogen) atoms. The van der Waals surface area contributed by atoms with Gasteiger partial charge in [0.25, 0.3) is 0 Å². The highest BCUT2D eigenvalue weighted by atomic mass is 16.5. The fraction of sp³-hybridized carbons (Fsp3) is 0.529. The molecule has 1 N–H and O–H groups in total. The van der Waals surface area contributed by atoms with Crippen molar-refractivity contribution in [1.29, 1.82) is 0 Å². The summed E-state index contributed by atoms with van der Waals surface area (Å²) in [4.78, 5) is 26.0. The minimum Gasteiger partial charge on any atom is -0.493 e. The number of amides is 2. The summed E-state index contributed by atoms with van der Waals surface area (Å²) in [6.45, 7) is 2.50. The number of piperidine rings is 1. The Labute approximate surface area is 135 Å². The Morgan fingerprint density at radius 1 is 1.35 bits per heavy atom. The fourth-order valence-corrected chi connectivity index (χ4v) is 3.06.